The number of rotatable bonds is 4. The van der Waals surface area contributed by atoms with E-state index in [1.165, 1.54) is 25.7 Å². The molecule has 2 aliphatic rings. The molecular formula is C16H20N4O. The summed E-state index contributed by atoms with van der Waals surface area (Å²) in [6, 6.07) is 5.78. The van der Waals surface area contributed by atoms with Gasteiger partial charge < -0.3 is 5.32 Å². The fourth-order valence-electron chi connectivity index (χ4n) is 4.13. The maximum atomic E-state index is 12.1. The van der Waals surface area contributed by atoms with E-state index in [1.54, 1.807) is 0 Å². The predicted molar refractivity (Wildman–Crippen MR) is 78.4 cm³/mol. The quantitative estimate of drug-likeness (QED) is 0.936. The summed E-state index contributed by atoms with van der Waals surface area (Å²) in [6.07, 6.45) is 7.93. The molecule has 0 aliphatic heterocycles. The van der Waals surface area contributed by atoms with Crippen LogP contribution in [0.3, 0.4) is 0 Å². The number of fused-ring (bicyclic) bond motifs is 3. The Hall–Kier alpha value is -1.91. The number of nitrogens with one attached hydrogen (secondary N) is 1. The topological polar surface area (TPSA) is 59.3 Å². The second kappa shape index (κ2) is 5.13. The number of pyridine rings is 1. The molecule has 2 aromatic rings. The van der Waals surface area contributed by atoms with Crippen molar-refractivity contribution in [1.82, 2.24) is 19.9 Å². The van der Waals surface area contributed by atoms with Crippen molar-refractivity contribution >= 4 is 11.6 Å². The van der Waals surface area contributed by atoms with Crippen LogP contribution in [-0.2, 0) is 11.3 Å². The fraction of sp³-hybridized carbons (Fsp3) is 0.562. The Morgan fingerprint density at radius 1 is 1.29 bits per heavy atom. The molecule has 2 heterocycles. The van der Waals surface area contributed by atoms with E-state index in [2.05, 4.69) is 15.5 Å². The molecule has 1 amide bonds. The number of aromatic nitrogens is 3. The van der Waals surface area contributed by atoms with Crippen LogP contribution in [0, 0.1) is 17.8 Å². The minimum Gasteiger partial charge on any atom is -0.349 e. The second-order valence-corrected chi connectivity index (χ2v) is 6.46. The van der Waals surface area contributed by atoms with Crippen LogP contribution in [0.5, 0.6) is 0 Å². The van der Waals surface area contributed by atoms with Gasteiger partial charge in [0.1, 0.15) is 0 Å². The minimum atomic E-state index is 0.153. The number of carbonyl (C=O) groups is 1. The first-order chi connectivity index (χ1) is 10.3. The average Bonchev–Trinajstić information content (AvgIpc) is 3.20. The first-order valence-electron chi connectivity index (χ1n) is 7.85. The Balaban J connectivity index is 1.35. The molecule has 2 aliphatic carbocycles. The number of nitrogens with zero attached hydrogens (tertiary/aromatic N) is 3. The van der Waals surface area contributed by atoms with Crippen LogP contribution in [0.2, 0.25) is 0 Å². The van der Waals surface area contributed by atoms with E-state index in [1.807, 2.05) is 28.8 Å². The number of hydrogen-bond acceptors (Lipinski definition) is 3. The summed E-state index contributed by atoms with van der Waals surface area (Å²) in [5.74, 6) is 3.24. The van der Waals surface area contributed by atoms with E-state index in [9.17, 15) is 4.79 Å². The zero-order valence-corrected chi connectivity index (χ0v) is 12.0. The van der Waals surface area contributed by atoms with E-state index in [0.717, 1.165) is 23.3 Å². The maximum absolute atomic E-state index is 12.1. The van der Waals surface area contributed by atoms with Gasteiger partial charge in [0, 0.05) is 12.6 Å². The van der Waals surface area contributed by atoms with Crippen molar-refractivity contribution in [1.29, 1.82) is 0 Å². The third-order valence-corrected chi connectivity index (χ3v) is 5.16. The molecule has 5 heteroatoms. The van der Waals surface area contributed by atoms with Gasteiger partial charge in [-0.2, -0.15) is 0 Å². The molecule has 0 spiro atoms. The van der Waals surface area contributed by atoms with E-state index in [-0.39, 0.29) is 5.91 Å². The summed E-state index contributed by atoms with van der Waals surface area (Å²) in [5, 5.41) is 11.2. The van der Waals surface area contributed by atoms with E-state index < -0.39 is 0 Å². The largest absolute Gasteiger partial charge is 0.349 e. The number of hydrogen-bond donors (Lipinski definition) is 1. The standard InChI is InChI=1S/C16H20N4O/c21-16(9-13-8-11-4-5-12(13)7-11)17-10-15-19-18-14-3-1-2-6-20(14)15/h1-3,6,11-13H,4-5,7-10H2,(H,17,21)/t11-,12-,13-/m0/s1. The Morgan fingerprint density at radius 3 is 3.05 bits per heavy atom. The van der Waals surface area contributed by atoms with E-state index in [0.29, 0.717) is 18.9 Å². The summed E-state index contributed by atoms with van der Waals surface area (Å²) < 4.78 is 1.91. The Kier molecular flexibility index (Phi) is 3.13. The van der Waals surface area contributed by atoms with Crippen molar-refractivity contribution in [3.63, 3.8) is 0 Å². The summed E-state index contributed by atoms with van der Waals surface area (Å²) in [6.45, 7) is 0.449. The fourth-order valence-corrected chi connectivity index (χ4v) is 4.13. The summed E-state index contributed by atoms with van der Waals surface area (Å²) in [5.41, 5.74) is 0.815. The average molecular weight is 284 g/mol. The van der Waals surface area contributed by atoms with Gasteiger partial charge in [-0.15, -0.1) is 10.2 Å². The smallest absolute Gasteiger partial charge is 0.220 e. The van der Waals surface area contributed by atoms with Gasteiger partial charge in [0.05, 0.1) is 6.54 Å². The molecule has 0 aromatic carbocycles. The third kappa shape index (κ3) is 2.41. The normalized spacial score (nSPS) is 27.3. The molecule has 110 valence electrons. The molecule has 2 saturated carbocycles. The second-order valence-electron chi connectivity index (χ2n) is 6.46. The summed E-state index contributed by atoms with van der Waals surface area (Å²) >= 11 is 0. The summed E-state index contributed by atoms with van der Waals surface area (Å²) in [4.78, 5) is 12.1. The highest BCUT2D eigenvalue weighted by molar-refractivity contribution is 5.76. The molecule has 2 fully saturated rings. The van der Waals surface area contributed by atoms with Gasteiger partial charge in [-0.3, -0.25) is 9.20 Å². The third-order valence-electron chi connectivity index (χ3n) is 5.16. The van der Waals surface area contributed by atoms with Gasteiger partial charge >= 0.3 is 0 Å². The molecule has 2 aromatic heterocycles. The van der Waals surface area contributed by atoms with Crippen LogP contribution in [0.15, 0.2) is 24.4 Å². The maximum Gasteiger partial charge on any atom is 0.220 e. The Labute approximate surface area is 123 Å². The molecule has 0 unspecified atom stereocenters. The zero-order valence-electron chi connectivity index (χ0n) is 12.0. The molecule has 21 heavy (non-hydrogen) atoms. The van der Waals surface area contributed by atoms with Crippen molar-refractivity contribution < 1.29 is 4.79 Å². The first-order valence-corrected chi connectivity index (χ1v) is 7.85. The van der Waals surface area contributed by atoms with Gasteiger partial charge in [0.15, 0.2) is 11.5 Å². The lowest BCUT2D eigenvalue weighted by Gasteiger charge is -2.20. The van der Waals surface area contributed by atoms with Gasteiger partial charge in [-0.1, -0.05) is 12.5 Å². The van der Waals surface area contributed by atoms with Crippen molar-refractivity contribution in [2.75, 3.05) is 0 Å². The molecule has 1 N–H and O–H groups in total. The highest BCUT2D eigenvalue weighted by atomic mass is 16.1. The van der Waals surface area contributed by atoms with Crippen molar-refractivity contribution in [2.24, 2.45) is 17.8 Å². The lowest BCUT2D eigenvalue weighted by Crippen LogP contribution is -2.27. The lowest BCUT2D eigenvalue weighted by atomic mass is 9.86. The Morgan fingerprint density at radius 2 is 2.24 bits per heavy atom. The van der Waals surface area contributed by atoms with Crippen LogP contribution >= 0.6 is 0 Å². The highest BCUT2D eigenvalue weighted by Crippen LogP contribution is 2.49. The van der Waals surface area contributed by atoms with E-state index in [4.69, 9.17) is 0 Å². The molecule has 3 atom stereocenters. The highest BCUT2D eigenvalue weighted by Gasteiger charge is 2.40. The van der Waals surface area contributed by atoms with Crippen LogP contribution < -0.4 is 5.32 Å². The Bertz CT molecular complexity index is 665. The molecule has 5 nitrogen and oxygen atoms in total. The molecule has 0 saturated heterocycles. The SMILES string of the molecule is O=C(C[C@@H]1C[C@H]2CC[C@H]1C2)NCc1nnc2ccccn12. The minimum absolute atomic E-state index is 0.153. The predicted octanol–water partition coefficient (Wildman–Crippen LogP) is 2.17. The molecule has 4 rings (SSSR count). The van der Waals surface area contributed by atoms with Crippen LogP contribution in [0.25, 0.3) is 5.65 Å². The van der Waals surface area contributed by atoms with Gasteiger partial charge in [-0.05, 0) is 49.1 Å². The van der Waals surface area contributed by atoms with Crippen molar-refractivity contribution in [3.8, 4) is 0 Å². The van der Waals surface area contributed by atoms with Crippen molar-refractivity contribution in [3.05, 3.63) is 30.2 Å². The number of amides is 1. The number of carbonyl (C=O) groups excluding carboxylic acids is 1. The van der Waals surface area contributed by atoms with Crippen molar-refractivity contribution in [2.45, 2.75) is 38.6 Å². The monoisotopic (exact) mass is 284 g/mol. The molecular weight excluding hydrogens is 264 g/mol. The van der Waals surface area contributed by atoms with Crippen LogP contribution in [0.4, 0.5) is 0 Å². The van der Waals surface area contributed by atoms with E-state index >= 15 is 0 Å². The zero-order chi connectivity index (χ0) is 14.2. The van der Waals surface area contributed by atoms with Gasteiger partial charge in [-0.25, -0.2) is 0 Å². The first kappa shape index (κ1) is 12.8. The lowest BCUT2D eigenvalue weighted by molar-refractivity contribution is -0.122. The summed E-state index contributed by atoms with van der Waals surface area (Å²) in [7, 11) is 0. The van der Waals surface area contributed by atoms with Gasteiger partial charge in [0.25, 0.3) is 0 Å². The molecule has 2 bridgehead atoms. The van der Waals surface area contributed by atoms with Crippen LogP contribution in [-0.4, -0.2) is 20.5 Å². The van der Waals surface area contributed by atoms with Crippen LogP contribution in [0.1, 0.15) is 37.9 Å². The van der Waals surface area contributed by atoms with Gasteiger partial charge in [0.2, 0.25) is 5.91 Å². The molecule has 0 radical (unpaired) electrons.